The fourth-order valence-electron chi connectivity index (χ4n) is 1.79. The van der Waals surface area contributed by atoms with Crippen molar-refractivity contribution in [1.29, 1.82) is 0 Å². The molecular weight excluding hydrogens is 306 g/mol. The van der Waals surface area contributed by atoms with E-state index in [1.165, 1.54) is 0 Å². The molecule has 0 amide bonds. The predicted octanol–water partition coefficient (Wildman–Crippen LogP) is -2.26. The summed E-state index contributed by atoms with van der Waals surface area (Å²) in [5, 5.41) is 37.1. The summed E-state index contributed by atoms with van der Waals surface area (Å²) in [6, 6.07) is 7.92. The molecule has 0 spiro atoms. The first-order chi connectivity index (χ1) is 11.4. The first-order valence-corrected chi connectivity index (χ1v) is 6.96. The summed E-state index contributed by atoms with van der Waals surface area (Å²) in [7, 11) is 0. The van der Waals surface area contributed by atoms with E-state index in [0.717, 1.165) is 5.56 Å². The van der Waals surface area contributed by atoms with Crippen LogP contribution in [-0.2, 0) is 20.7 Å². The lowest BCUT2D eigenvalue weighted by Crippen LogP contribution is -2.46. The topological polar surface area (TPSA) is 150 Å². The van der Waals surface area contributed by atoms with Crippen LogP contribution in [0, 0.1) is 0 Å². The highest BCUT2D eigenvalue weighted by Crippen LogP contribution is 2.06. The maximum Gasteiger partial charge on any atom is 0.323 e. The smallest absolute Gasteiger partial charge is 0.323 e. The Morgan fingerprint density at radius 1 is 1.22 bits per heavy atom. The van der Waals surface area contributed by atoms with Crippen molar-refractivity contribution in [3.8, 4) is 0 Å². The second-order valence-electron chi connectivity index (χ2n) is 5.00. The Hall–Kier alpha value is -1.84. The molecule has 0 bridgehead atoms. The number of esters is 1. The van der Waals surface area contributed by atoms with E-state index in [2.05, 4.69) is 0 Å². The Labute approximate surface area is 134 Å². The molecule has 0 unspecified atom stereocenters. The summed E-state index contributed by atoms with van der Waals surface area (Å²) in [6.07, 6.45) is -5.43. The largest absolute Gasteiger partial charge is 0.462 e. The quantitative estimate of drug-likeness (QED) is 0.302. The van der Waals surface area contributed by atoms with Gasteiger partial charge in [-0.15, -0.1) is 0 Å². The van der Waals surface area contributed by atoms with Crippen LogP contribution in [0.5, 0.6) is 0 Å². The highest BCUT2D eigenvalue weighted by atomic mass is 16.5. The molecule has 0 saturated carbocycles. The Morgan fingerprint density at radius 3 is 2.43 bits per heavy atom. The number of ether oxygens (including phenoxy) is 1. The van der Waals surface area contributed by atoms with Gasteiger partial charge in [-0.1, -0.05) is 30.3 Å². The number of nitrogens with two attached hydrogens (primary N) is 1. The number of aliphatic hydroxyl groups excluding tert-OH is 4. The summed E-state index contributed by atoms with van der Waals surface area (Å²) in [4.78, 5) is 22.9. The molecule has 0 aliphatic heterocycles. The monoisotopic (exact) mass is 328 g/mol. The Kier molecular flexibility index (Phi) is 7.11. The van der Waals surface area contributed by atoms with E-state index in [0.29, 0.717) is 0 Å². The van der Waals surface area contributed by atoms with Crippen molar-refractivity contribution in [1.82, 2.24) is 0 Å². The Bertz CT molecular complexity index is 528. The van der Waals surface area contributed by atoms with Gasteiger partial charge in [-0.2, -0.15) is 0 Å². The van der Waals surface area contributed by atoms with E-state index in [9.17, 15) is 24.9 Å². The number of hydrogen-bond donors (Lipinski definition) is 5. The number of benzene rings is 1. The number of Topliss-reactive ketones (excluding diaryl/α,β-unsaturated/α-hetero) is 1. The van der Waals surface area contributed by atoms with Crippen molar-refractivity contribution in [2.45, 2.75) is 30.8 Å². The zero-order chi connectivity index (χ0) is 18.1. The van der Waals surface area contributed by atoms with Gasteiger partial charge in [-0.05, 0) is 12.0 Å². The minimum Gasteiger partial charge on any atom is -0.462 e. The van der Waals surface area contributed by atoms with Gasteiger partial charge >= 0.3 is 5.97 Å². The maximum absolute atomic E-state index is 11.9. The lowest BCUT2D eigenvalue weighted by Gasteiger charge is -2.22. The summed E-state index contributed by atoms with van der Waals surface area (Å²) < 4.78 is 12.0. The van der Waals surface area contributed by atoms with Gasteiger partial charge < -0.3 is 30.9 Å². The summed E-state index contributed by atoms with van der Waals surface area (Å²) in [5.41, 5.74) is 2.84. The number of ketones is 1. The minimum absolute atomic E-state index is 0.188. The van der Waals surface area contributed by atoms with Crippen LogP contribution in [-0.4, -0.2) is 69.7 Å². The first kappa shape index (κ1) is 17.5. The average Bonchev–Trinajstić information content (AvgIpc) is 2.62. The minimum atomic E-state index is -1.99. The van der Waals surface area contributed by atoms with Crippen LogP contribution in [0.15, 0.2) is 30.3 Å². The fraction of sp³-hybridized carbons (Fsp3) is 0.467. The van der Waals surface area contributed by atoms with E-state index >= 15 is 0 Å². The molecule has 0 heterocycles. The number of carbonyl (C=O) groups excluding carboxylic acids is 2. The third kappa shape index (κ3) is 6.05. The predicted molar refractivity (Wildman–Crippen MR) is 79.2 cm³/mol. The molecule has 0 aromatic heterocycles. The van der Waals surface area contributed by atoms with Crippen molar-refractivity contribution in [2.75, 3.05) is 13.2 Å². The molecule has 8 heteroatoms. The molecule has 0 aliphatic rings. The van der Waals surface area contributed by atoms with E-state index in [-0.39, 0.29) is 6.42 Å². The molecule has 0 aliphatic carbocycles. The van der Waals surface area contributed by atoms with E-state index in [4.69, 9.17) is 11.3 Å². The molecule has 0 saturated heterocycles. The molecule has 1 rings (SSSR count). The molecule has 0 fully saturated rings. The molecule has 128 valence electrons. The van der Waals surface area contributed by atoms with Gasteiger partial charge in [0.2, 0.25) is 0 Å². The summed E-state index contributed by atoms with van der Waals surface area (Å²) in [5.74, 6) is -1.90. The van der Waals surface area contributed by atoms with Crippen molar-refractivity contribution in [3.05, 3.63) is 35.9 Å². The van der Waals surface area contributed by atoms with Crippen molar-refractivity contribution < 1.29 is 36.2 Å². The highest BCUT2D eigenvalue weighted by Gasteiger charge is 2.30. The number of aliphatic hydroxyl groups is 4. The average molecular weight is 328 g/mol. The molecular formula is C15H21NO7. The van der Waals surface area contributed by atoms with Gasteiger partial charge in [0.15, 0.2) is 5.78 Å². The van der Waals surface area contributed by atoms with E-state index in [1.54, 1.807) is 24.3 Å². The van der Waals surface area contributed by atoms with Gasteiger partial charge in [-0.25, -0.2) is 0 Å². The molecule has 8 nitrogen and oxygen atoms in total. The van der Waals surface area contributed by atoms with Gasteiger partial charge in [0.1, 0.15) is 39.0 Å². The number of hydrogen-bond acceptors (Lipinski definition) is 8. The van der Waals surface area contributed by atoms with Crippen LogP contribution < -0.4 is 5.73 Å². The van der Waals surface area contributed by atoms with Crippen LogP contribution in [0.4, 0.5) is 0 Å². The highest BCUT2D eigenvalue weighted by molar-refractivity contribution is 5.84. The molecule has 23 heavy (non-hydrogen) atoms. The van der Waals surface area contributed by atoms with Gasteiger partial charge in [0.25, 0.3) is 0 Å². The normalized spacial score (nSPS) is 16.8. The van der Waals surface area contributed by atoms with Crippen molar-refractivity contribution in [2.24, 2.45) is 5.73 Å². The van der Waals surface area contributed by atoms with Gasteiger partial charge in [0.05, 0.1) is 0 Å². The van der Waals surface area contributed by atoms with Crippen LogP contribution in [0.1, 0.15) is 5.56 Å². The first-order valence-electron chi connectivity index (χ1n) is 7.46. The van der Waals surface area contributed by atoms with Crippen LogP contribution in [0.25, 0.3) is 0 Å². The fourth-order valence-corrected chi connectivity index (χ4v) is 1.79. The third-order valence-corrected chi connectivity index (χ3v) is 3.17. The molecule has 4 atom stereocenters. The van der Waals surface area contributed by atoms with Gasteiger partial charge in [-0.3, -0.25) is 9.59 Å². The van der Waals surface area contributed by atoms with Crippen molar-refractivity contribution in [3.63, 3.8) is 0 Å². The summed E-state index contributed by atoms with van der Waals surface area (Å²) >= 11 is 0. The zero-order valence-corrected chi connectivity index (χ0v) is 12.3. The standard InChI is InChI=1S/C15H21NO7/c16-10(6-9-4-2-1-3-5-9)15(22)23-8-12(19)14(21)13(20)11(18)7-17/h1-5,10,12-14,17,19-21H,6-8,16H2/t10-,12+,13+,14+/m0/s1/i/hD. The molecule has 1 aromatic carbocycles. The van der Waals surface area contributed by atoms with Gasteiger partial charge in [0, 0.05) is 0 Å². The molecule has 6 N–H and O–H groups in total. The molecule has 0 radical (unpaired) electrons. The zero-order valence-electron chi connectivity index (χ0n) is 13.3. The SMILES string of the molecule is [2H]N[C@@H](Cc1ccccc1)C(=O)OC[C@@H](O)[C@@H](O)[C@H](O)C(=O)CO. The Balaban J connectivity index is 2.52. The van der Waals surface area contributed by atoms with Crippen LogP contribution in [0.3, 0.4) is 0 Å². The van der Waals surface area contributed by atoms with Crippen LogP contribution in [0.2, 0.25) is 1.41 Å². The second-order valence-corrected chi connectivity index (χ2v) is 5.00. The number of rotatable bonds is 10. The lowest BCUT2D eigenvalue weighted by atomic mass is 10.1. The third-order valence-electron chi connectivity index (χ3n) is 3.17. The molecule has 1 aromatic rings. The lowest BCUT2D eigenvalue weighted by molar-refractivity contribution is -0.155. The number of carbonyl (C=O) groups is 2. The maximum atomic E-state index is 11.9. The van der Waals surface area contributed by atoms with Crippen molar-refractivity contribution >= 4 is 11.8 Å². The Morgan fingerprint density at radius 2 is 1.87 bits per heavy atom. The second kappa shape index (κ2) is 9.33. The van der Waals surface area contributed by atoms with E-state index in [1.807, 2.05) is 11.8 Å². The van der Waals surface area contributed by atoms with Crippen LogP contribution >= 0.6 is 0 Å². The van der Waals surface area contributed by atoms with E-state index < -0.39 is 49.3 Å². The summed E-state index contributed by atoms with van der Waals surface area (Å²) in [6.45, 7) is -1.67.